The molecule has 0 bridgehead atoms. The van der Waals surface area contributed by atoms with E-state index in [0.717, 1.165) is 25.1 Å². The van der Waals surface area contributed by atoms with Crippen LogP contribution in [-0.2, 0) is 6.42 Å². The largest absolute Gasteiger partial charge is 0.384 e. The van der Waals surface area contributed by atoms with E-state index < -0.39 is 0 Å². The summed E-state index contributed by atoms with van der Waals surface area (Å²) in [6.07, 6.45) is 1.87. The normalized spacial score (nSPS) is 12.4. The molecule has 1 atom stereocenters. The maximum Gasteiger partial charge on any atom is 0.251 e. The molecule has 0 spiro atoms. The van der Waals surface area contributed by atoms with Crippen LogP contribution in [0.25, 0.3) is 0 Å². The fourth-order valence-electron chi connectivity index (χ4n) is 1.90. The number of hydrogen-bond acceptors (Lipinski definition) is 4. The number of carbonyl (C=O) groups is 1. The van der Waals surface area contributed by atoms with Crippen molar-refractivity contribution in [2.45, 2.75) is 39.7 Å². The fourth-order valence-corrected chi connectivity index (χ4v) is 1.90. The van der Waals surface area contributed by atoms with Crippen molar-refractivity contribution in [3.63, 3.8) is 0 Å². The molecule has 0 aliphatic rings. The van der Waals surface area contributed by atoms with Crippen LogP contribution in [0, 0.1) is 0 Å². The standard InChI is InChI=1S/C15H26N4O/c1-5-11(3)19(4)8-7-17-15(20)12-9-13(6-2)18-14(16)10-12/h9-11H,5-8H2,1-4H3,(H2,16,18)(H,17,20). The highest BCUT2D eigenvalue weighted by molar-refractivity contribution is 5.94. The van der Waals surface area contributed by atoms with E-state index in [1.165, 1.54) is 0 Å². The minimum Gasteiger partial charge on any atom is -0.384 e. The second kappa shape index (κ2) is 7.85. The van der Waals surface area contributed by atoms with E-state index >= 15 is 0 Å². The van der Waals surface area contributed by atoms with E-state index in [9.17, 15) is 4.79 Å². The Balaban J connectivity index is 2.53. The third kappa shape index (κ3) is 4.81. The summed E-state index contributed by atoms with van der Waals surface area (Å²) in [5, 5.41) is 2.92. The topological polar surface area (TPSA) is 71.2 Å². The van der Waals surface area contributed by atoms with E-state index in [1.807, 2.05) is 6.92 Å². The summed E-state index contributed by atoms with van der Waals surface area (Å²) in [6.45, 7) is 7.79. The molecule has 1 amide bonds. The Morgan fingerprint density at radius 2 is 2.15 bits per heavy atom. The molecule has 5 heteroatoms. The number of likely N-dealkylation sites (N-methyl/N-ethyl adjacent to an activating group) is 1. The zero-order valence-corrected chi connectivity index (χ0v) is 12.9. The van der Waals surface area contributed by atoms with Crippen molar-refractivity contribution < 1.29 is 4.79 Å². The summed E-state index contributed by atoms with van der Waals surface area (Å²) in [6, 6.07) is 3.94. The summed E-state index contributed by atoms with van der Waals surface area (Å²) in [4.78, 5) is 18.5. The van der Waals surface area contributed by atoms with Crippen LogP contribution in [-0.4, -0.2) is 42.0 Å². The Morgan fingerprint density at radius 3 is 2.75 bits per heavy atom. The first-order valence-corrected chi connectivity index (χ1v) is 7.22. The van der Waals surface area contributed by atoms with Gasteiger partial charge in [-0.05, 0) is 38.9 Å². The van der Waals surface area contributed by atoms with Gasteiger partial charge in [0.15, 0.2) is 0 Å². The lowest BCUT2D eigenvalue weighted by molar-refractivity contribution is 0.0947. The van der Waals surface area contributed by atoms with Gasteiger partial charge in [-0.1, -0.05) is 13.8 Å². The maximum absolute atomic E-state index is 12.1. The summed E-state index contributed by atoms with van der Waals surface area (Å²) >= 11 is 0. The summed E-state index contributed by atoms with van der Waals surface area (Å²) in [5.41, 5.74) is 7.13. The van der Waals surface area contributed by atoms with Crippen molar-refractivity contribution in [2.24, 2.45) is 0 Å². The van der Waals surface area contributed by atoms with Crippen LogP contribution < -0.4 is 11.1 Å². The van der Waals surface area contributed by atoms with Gasteiger partial charge in [0, 0.05) is 30.4 Å². The highest BCUT2D eigenvalue weighted by atomic mass is 16.1. The van der Waals surface area contributed by atoms with E-state index in [-0.39, 0.29) is 5.91 Å². The number of aromatic nitrogens is 1. The zero-order chi connectivity index (χ0) is 15.1. The SMILES string of the molecule is CCc1cc(C(=O)NCCN(C)C(C)CC)cc(N)n1. The van der Waals surface area contributed by atoms with Gasteiger partial charge in [0.2, 0.25) is 0 Å². The lowest BCUT2D eigenvalue weighted by atomic mass is 10.2. The molecule has 0 fully saturated rings. The number of nitrogen functional groups attached to an aromatic ring is 1. The predicted octanol–water partition coefficient (Wildman–Crippen LogP) is 1.69. The van der Waals surface area contributed by atoms with Gasteiger partial charge in [-0.15, -0.1) is 0 Å². The van der Waals surface area contributed by atoms with Crippen molar-refractivity contribution >= 4 is 11.7 Å². The second-order valence-corrected chi connectivity index (χ2v) is 5.12. The van der Waals surface area contributed by atoms with Crippen molar-refractivity contribution in [3.8, 4) is 0 Å². The Kier molecular flexibility index (Phi) is 6.45. The lowest BCUT2D eigenvalue weighted by Gasteiger charge is -2.23. The highest BCUT2D eigenvalue weighted by Gasteiger charge is 2.10. The van der Waals surface area contributed by atoms with Crippen molar-refractivity contribution in [1.82, 2.24) is 15.2 Å². The van der Waals surface area contributed by atoms with Gasteiger partial charge in [-0.3, -0.25) is 4.79 Å². The van der Waals surface area contributed by atoms with Crippen molar-refractivity contribution in [2.75, 3.05) is 25.9 Å². The molecule has 0 saturated heterocycles. The van der Waals surface area contributed by atoms with Crippen LogP contribution in [0.1, 0.15) is 43.2 Å². The molecule has 0 saturated carbocycles. The first-order chi connectivity index (χ1) is 9.47. The molecular weight excluding hydrogens is 252 g/mol. The van der Waals surface area contributed by atoms with Gasteiger partial charge in [0.05, 0.1) is 0 Å². The number of hydrogen-bond donors (Lipinski definition) is 2. The molecule has 0 radical (unpaired) electrons. The average molecular weight is 278 g/mol. The number of nitrogens with zero attached hydrogens (tertiary/aromatic N) is 2. The van der Waals surface area contributed by atoms with E-state index in [1.54, 1.807) is 12.1 Å². The van der Waals surface area contributed by atoms with E-state index in [4.69, 9.17) is 5.73 Å². The minimum atomic E-state index is -0.0913. The second-order valence-electron chi connectivity index (χ2n) is 5.12. The summed E-state index contributed by atoms with van der Waals surface area (Å²) in [7, 11) is 2.07. The molecule has 1 unspecified atom stereocenters. The van der Waals surface area contributed by atoms with Gasteiger partial charge in [-0.2, -0.15) is 0 Å². The number of anilines is 1. The molecular formula is C15H26N4O. The molecule has 5 nitrogen and oxygen atoms in total. The number of nitrogens with two attached hydrogens (primary N) is 1. The number of rotatable bonds is 7. The predicted molar refractivity (Wildman–Crippen MR) is 82.7 cm³/mol. The molecule has 1 aromatic heterocycles. The molecule has 1 aromatic rings. The van der Waals surface area contributed by atoms with Gasteiger partial charge in [-0.25, -0.2) is 4.98 Å². The summed E-state index contributed by atoms with van der Waals surface area (Å²) in [5.74, 6) is 0.303. The van der Waals surface area contributed by atoms with Crippen LogP contribution in [0.3, 0.4) is 0 Å². The molecule has 0 aliphatic heterocycles. The van der Waals surface area contributed by atoms with E-state index in [0.29, 0.717) is 24.0 Å². The monoisotopic (exact) mass is 278 g/mol. The number of carbonyl (C=O) groups excluding carboxylic acids is 1. The Morgan fingerprint density at radius 1 is 1.45 bits per heavy atom. The van der Waals surface area contributed by atoms with Gasteiger partial charge in [0.1, 0.15) is 5.82 Å². The van der Waals surface area contributed by atoms with E-state index in [2.05, 4.69) is 36.1 Å². The van der Waals surface area contributed by atoms with Crippen LogP contribution in [0.5, 0.6) is 0 Å². The lowest BCUT2D eigenvalue weighted by Crippen LogP contribution is -2.37. The minimum absolute atomic E-state index is 0.0913. The average Bonchev–Trinajstić information content (AvgIpc) is 2.45. The third-order valence-corrected chi connectivity index (χ3v) is 3.62. The number of aryl methyl sites for hydroxylation is 1. The highest BCUT2D eigenvalue weighted by Crippen LogP contribution is 2.08. The fraction of sp³-hybridized carbons (Fsp3) is 0.600. The molecule has 0 aliphatic carbocycles. The maximum atomic E-state index is 12.1. The smallest absolute Gasteiger partial charge is 0.251 e. The number of nitrogens with one attached hydrogen (secondary N) is 1. The van der Waals surface area contributed by atoms with Crippen LogP contribution in [0.15, 0.2) is 12.1 Å². The van der Waals surface area contributed by atoms with Crippen LogP contribution in [0.4, 0.5) is 5.82 Å². The molecule has 3 N–H and O–H groups in total. The van der Waals surface area contributed by atoms with Gasteiger partial charge >= 0.3 is 0 Å². The Bertz CT molecular complexity index is 447. The Labute approximate surface area is 121 Å². The number of pyridine rings is 1. The first kappa shape index (κ1) is 16.4. The molecule has 1 heterocycles. The molecule has 0 aromatic carbocycles. The molecule has 112 valence electrons. The zero-order valence-electron chi connectivity index (χ0n) is 12.9. The van der Waals surface area contributed by atoms with Crippen LogP contribution >= 0.6 is 0 Å². The van der Waals surface area contributed by atoms with Crippen molar-refractivity contribution in [1.29, 1.82) is 0 Å². The van der Waals surface area contributed by atoms with Gasteiger partial charge in [0.25, 0.3) is 5.91 Å². The quantitative estimate of drug-likeness (QED) is 0.796. The summed E-state index contributed by atoms with van der Waals surface area (Å²) < 4.78 is 0. The molecule has 1 rings (SSSR count). The Hall–Kier alpha value is -1.62. The first-order valence-electron chi connectivity index (χ1n) is 7.22. The van der Waals surface area contributed by atoms with Crippen molar-refractivity contribution in [3.05, 3.63) is 23.4 Å². The van der Waals surface area contributed by atoms with Gasteiger partial charge < -0.3 is 16.0 Å². The molecule has 20 heavy (non-hydrogen) atoms. The van der Waals surface area contributed by atoms with Crippen LogP contribution in [0.2, 0.25) is 0 Å². The third-order valence-electron chi connectivity index (χ3n) is 3.62. The number of amides is 1.